The number of nitro groups is 1. The topological polar surface area (TPSA) is 92.5 Å². The van der Waals surface area contributed by atoms with Gasteiger partial charge < -0.3 is 10.4 Å². The number of phenolic OH excluding ortho intramolecular Hbond substituents is 1. The van der Waals surface area contributed by atoms with Gasteiger partial charge in [0.1, 0.15) is 11.3 Å². The van der Waals surface area contributed by atoms with Crippen molar-refractivity contribution in [3.8, 4) is 5.75 Å². The molecular formula is C15H11F3N2O4. The largest absolute Gasteiger partial charge is 0.507 e. The van der Waals surface area contributed by atoms with Crippen LogP contribution in [0.4, 0.5) is 24.5 Å². The third kappa shape index (κ3) is 3.62. The maximum Gasteiger partial charge on any atom is 0.423 e. The number of aromatic hydroxyl groups is 1. The molecule has 0 bridgehead atoms. The van der Waals surface area contributed by atoms with Gasteiger partial charge in [0.25, 0.3) is 11.6 Å². The number of anilines is 1. The molecule has 0 aliphatic carbocycles. The number of alkyl halides is 3. The van der Waals surface area contributed by atoms with E-state index in [2.05, 4.69) is 5.32 Å². The van der Waals surface area contributed by atoms with Crippen LogP contribution in [0.25, 0.3) is 0 Å². The summed E-state index contributed by atoms with van der Waals surface area (Å²) in [5.41, 5.74) is -2.32. The van der Waals surface area contributed by atoms with E-state index in [1.54, 1.807) is 13.0 Å². The number of carbonyl (C=O) groups excluding carboxylic acids is 1. The molecule has 2 aromatic rings. The van der Waals surface area contributed by atoms with Crippen molar-refractivity contribution in [2.75, 3.05) is 5.32 Å². The van der Waals surface area contributed by atoms with Crippen LogP contribution < -0.4 is 5.32 Å². The second-order valence-electron chi connectivity index (χ2n) is 4.96. The van der Waals surface area contributed by atoms with Crippen molar-refractivity contribution in [2.24, 2.45) is 0 Å². The van der Waals surface area contributed by atoms with E-state index < -0.39 is 28.3 Å². The summed E-state index contributed by atoms with van der Waals surface area (Å²) < 4.78 is 38.7. The van der Waals surface area contributed by atoms with Crippen LogP contribution in [-0.4, -0.2) is 15.9 Å². The summed E-state index contributed by atoms with van der Waals surface area (Å²) >= 11 is 0. The minimum Gasteiger partial charge on any atom is -0.507 e. The quantitative estimate of drug-likeness (QED) is 0.655. The zero-order valence-electron chi connectivity index (χ0n) is 12.2. The Morgan fingerprint density at radius 2 is 1.88 bits per heavy atom. The summed E-state index contributed by atoms with van der Waals surface area (Å²) in [4.78, 5) is 21.6. The smallest absolute Gasteiger partial charge is 0.423 e. The number of amides is 1. The number of rotatable bonds is 3. The minimum absolute atomic E-state index is 0.123. The third-order valence-electron chi connectivity index (χ3n) is 3.15. The van der Waals surface area contributed by atoms with Crippen molar-refractivity contribution in [3.63, 3.8) is 0 Å². The van der Waals surface area contributed by atoms with Crippen LogP contribution >= 0.6 is 0 Å². The summed E-state index contributed by atoms with van der Waals surface area (Å²) in [6.45, 7) is 1.67. The Labute approximate surface area is 133 Å². The molecule has 24 heavy (non-hydrogen) atoms. The fraction of sp³-hybridized carbons (Fsp3) is 0.133. The highest BCUT2D eigenvalue weighted by Gasteiger charge is 2.38. The van der Waals surface area contributed by atoms with E-state index in [0.717, 1.165) is 6.07 Å². The lowest BCUT2D eigenvalue weighted by Crippen LogP contribution is -2.14. The van der Waals surface area contributed by atoms with E-state index in [-0.39, 0.29) is 17.0 Å². The molecule has 6 nitrogen and oxygen atoms in total. The fourth-order valence-corrected chi connectivity index (χ4v) is 2.03. The van der Waals surface area contributed by atoms with Gasteiger partial charge in [0.15, 0.2) is 0 Å². The number of nitrogens with one attached hydrogen (secondary N) is 1. The minimum atomic E-state index is -4.95. The second kappa shape index (κ2) is 6.19. The molecule has 0 fully saturated rings. The average molecular weight is 340 g/mol. The van der Waals surface area contributed by atoms with Crippen LogP contribution in [0.1, 0.15) is 21.5 Å². The van der Waals surface area contributed by atoms with Crippen molar-refractivity contribution in [1.82, 2.24) is 0 Å². The number of phenols is 1. The number of aryl methyl sites for hydroxylation is 1. The van der Waals surface area contributed by atoms with Gasteiger partial charge in [0.2, 0.25) is 0 Å². The molecule has 2 N–H and O–H groups in total. The highest BCUT2D eigenvalue weighted by molar-refractivity contribution is 6.06. The van der Waals surface area contributed by atoms with Crippen LogP contribution in [-0.2, 0) is 6.18 Å². The summed E-state index contributed by atoms with van der Waals surface area (Å²) in [5.74, 6) is -1.17. The van der Waals surface area contributed by atoms with Crippen LogP contribution in [0.15, 0.2) is 36.4 Å². The summed E-state index contributed by atoms with van der Waals surface area (Å²) in [6.07, 6.45) is -4.95. The molecule has 0 saturated heterocycles. The van der Waals surface area contributed by atoms with E-state index in [9.17, 15) is 33.2 Å². The maximum absolute atomic E-state index is 12.9. The Morgan fingerprint density at radius 3 is 2.46 bits per heavy atom. The Bertz CT molecular complexity index is 819. The fourth-order valence-electron chi connectivity index (χ4n) is 2.03. The van der Waals surface area contributed by atoms with Crippen molar-refractivity contribution in [3.05, 3.63) is 63.2 Å². The zero-order valence-corrected chi connectivity index (χ0v) is 12.2. The molecule has 9 heteroatoms. The molecule has 0 spiro atoms. The monoisotopic (exact) mass is 340 g/mol. The predicted molar refractivity (Wildman–Crippen MR) is 78.9 cm³/mol. The highest BCUT2D eigenvalue weighted by atomic mass is 19.4. The lowest BCUT2D eigenvalue weighted by Gasteiger charge is -2.11. The number of halogens is 3. The number of carbonyl (C=O) groups is 1. The highest BCUT2D eigenvalue weighted by Crippen LogP contribution is 2.37. The van der Waals surface area contributed by atoms with Crippen molar-refractivity contribution in [2.45, 2.75) is 13.1 Å². The Balaban J connectivity index is 2.38. The zero-order chi connectivity index (χ0) is 18.1. The van der Waals surface area contributed by atoms with Crippen LogP contribution in [0.5, 0.6) is 5.75 Å². The Hall–Kier alpha value is -3.10. The van der Waals surface area contributed by atoms with Gasteiger partial charge in [0.05, 0.1) is 10.5 Å². The predicted octanol–water partition coefficient (Wildman–Crippen LogP) is 3.88. The first-order valence-corrected chi connectivity index (χ1v) is 6.56. The maximum atomic E-state index is 12.9. The van der Waals surface area contributed by atoms with Gasteiger partial charge in [-0.2, -0.15) is 13.2 Å². The van der Waals surface area contributed by atoms with Crippen molar-refractivity contribution in [1.29, 1.82) is 0 Å². The van der Waals surface area contributed by atoms with E-state index in [4.69, 9.17) is 0 Å². The Morgan fingerprint density at radius 1 is 1.21 bits per heavy atom. The molecule has 126 valence electrons. The second-order valence-corrected chi connectivity index (χ2v) is 4.96. The SMILES string of the molecule is Cc1ccc(O)c(C(=O)Nc2ccc([N+](=O)[O-])c(C(F)(F)F)c2)c1. The van der Waals surface area contributed by atoms with Gasteiger partial charge in [-0.15, -0.1) is 0 Å². The van der Waals surface area contributed by atoms with Gasteiger partial charge in [-0.1, -0.05) is 11.6 Å². The van der Waals surface area contributed by atoms with E-state index >= 15 is 0 Å². The molecule has 2 rings (SSSR count). The normalized spacial score (nSPS) is 11.2. The van der Waals surface area contributed by atoms with Crippen LogP contribution in [0.3, 0.4) is 0 Å². The van der Waals surface area contributed by atoms with Gasteiger partial charge in [0, 0.05) is 11.8 Å². The molecule has 0 radical (unpaired) electrons. The lowest BCUT2D eigenvalue weighted by atomic mass is 10.1. The van der Waals surface area contributed by atoms with Crippen LogP contribution in [0, 0.1) is 17.0 Å². The van der Waals surface area contributed by atoms with Gasteiger partial charge in [-0.05, 0) is 31.2 Å². The summed E-state index contributed by atoms with van der Waals surface area (Å²) in [7, 11) is 0. The van der Waals surface area contributed by atoms with E-state index in [0.29, 0.717) is 17.7 Å². The number of nitrogens with zero attached hydrogens (tertiary/aromatic N) is 1. The van der Waals surface area contributed by atoms with Crippen LogP contribution in [0.2, 0.25) is 0 Å². The van der Waals surface area contributed by atoms with E-state index in [1.807, 2.05) is 0 Å². The molecule has 0 aliphatic heterocycles. The summed E-state index contributed by atoms with van der Waals surface area (Å²) in [5, 5.41) is 22.5. The first kappa shape index (κ1) is 17.3. The number of benzene rings is 2. The molecule has 1 amide bonds. The van der Waals surface area contributed by atoms with Crippen molar-refractivity contribution < 1.29 is 28.0 Å². The number of nitro benzene ring substituents is 1. The molecule has 0 unspecified atom stereocenters. The molecule has 2 aromatic carbocycles. The first-order valence-electron chi connectivity index (χ1n) is 6.56. The molecule has 0 saturated carbocycles. The molecule has 0 atom stereocenters. The molecule has 0 aliphatic rings. The number of hydrogen-bond acceptors (Lipinski definition) is 4. The lowest BCUT2D eigenvalue weighted by molar-refractivity contribution is -0.388. The van der Waals surface area contributed by atoms with E-state index in [1.165, 1.54) is 12.1 Å². The third-order valence-corrected chi connectivity index (χ3v) is 3.15. The first-order chi connectivity index (χ1) is 11.1. The molecule has 0 aromatic heterocycles. The van der Waals surface area contributed by atoms with Crippen molar-refractivity contribution >= 4 is 17.3 Å². The average Bonchev–Trinajstić information content (AvgIpc) is 2.48. The number of hydrogen-bond donors (Lipinski definition) is 2. The molecular weight excluding hydrogens is 329 g/mol. The molecule has 0 heterocycles. The van der Waals surface area contributed by atoms with Gasteiger partial charge in [-0.3, -0.25) is 14.9 Å². The van der Waals surface area contributed by atoms with Gasteiger partial charge >= 0.3 is 6.18 Å². The Kier molecular flexibility index (Phi) is 4.45. The standard InChI is InChI=1S/C15H11F3N2O4/c1-8-2-5-13(21)10(6-8)14(22)19-9-3-4-12(20(23)24)11(7-9)15(16,17)18/h2-7,21H,1H3,(H,19,22). The van der Waals surface area contributed by atoms with Gasteiger partial charge in [-0.25, -0.2) is 0 Å². The summed E-state index contributed by atoms with van der Waals surface area (Å²) in [6, 6.07) is 6.32.